The molecule has 0 amide bonds. The zero-order valence-electron chi connectivity index (χ0n) is 11.3. The second kappa shape index (κ2) is 6.79. The number of carbonyl (C=O) groups excluding carboxylic acids is 1. The number of aryl methyl sites for hydroxylation is 1. The maximum atomic E-state index is 12.1. The molecule has 0 bridgehead atoms. The van der Waals surface area contributed by atoms with Crippen molar-refractivity contribution in [2.75, 3.05) is 0 Å². The van der Waals surface area contributed by atoms with E-state index in [0.717, 1.165) is 5.56 Å². The van der Waals surface area contributed by atoms with Gasteiger partial charge in [0.1, 0.15) is 0 Å². The fourth-order valence-corrected chi connectivity index (χ4v) is 2.81. The Labute approximate surface area is 138 Å². The molecule has 0 aliphatic carbocycles. The summed E-state index contributed by atoms with van der Waals surface area (Å²) in [6.07, 6.45) is 0.638. The highest BCUT2D eigenvalue weighted by atomic mass is 35.5. The van der Waals surface area contributed by atoms with Gasteiger partial charge in [-0.2, -0.15) is 8.42 Å². The average molecular weight is 359 g/mol. The van der Waals surface area contributed by atoms with E-state index < -0.39 is 10.1 Å². The maximum Gasteiger partial charge on any atom is 0.294 e. The molecular weight excluding hydrogens is 347 g/mol. The number of carbonyl (C=O) groups is 1. The standard InChI is InChI=1S/C15H12Cl2O4S/c16-11-4-7-14(17)13(9-11)15(18)8-3-10-1-5-12(6-2-10)22(19,20)21/h1-2,4-7,9H,3,8H2,(H,19,20,21). The molecule has 0 unspecified atom stereocenters. The molecule has 7 heteroatoms. The molecular formula is C15H12Cl2O4S. The molecule has 4 nitrogen and oxygen atoms in total. The van der Waals surface area contributed by atoms with Gasteiger partial charge < -0.3 is 0 Å². The maximum absolute atomic E-state index is 12.1. The monoisotopic (exact) mass is 358 g/mol. The SMILES string of the molecule is O=C(CCc1ccc(S(=O)(=O)O)cc1)c1cc(Cl)ccc1Cl. The van der Waals surface area contributed by atoms with Crippen LogP contribution in [0.1, 0.15) is 22.3 Å². The Hall–Kier alpha value is -1.40. The molecule has 2 rings (SSSR count). The van der Waals surface area contributed by atoms with E-state index in [2.05, 4.69) is 0 Å². The fraction of sp³-hybridized carbons (Fsp3) is 0.133. The summed E-state index contributed by atoms with van der Waals surface area (Å²) < 4.78 is 30.8. The molecule has 2 aromatic carbocycles. The van der Waals surface area contributed by atoms with Crippen molar-refractivity contribution in [1.82, 2.24) is 0 Å². The number of hydrogen-bond acceptors (Lipinski definition) is 3. The van der Waals surface area contributed by atoms with Crippen molar-refractivity contribution in [3.8, 4) is 0 Å². The highest BCUT2D eigenvalue weighted by Gasteiger charge is 2.12. The number of ketones is 1. The summed E-state index contributed by atoms with van der Waals surface area (Å²) in [5.41, 5.74) is 1.14. The zero-order chi connectivity index (χ0) is 16.3. The first-order chi connectivity index (χ1) is 10.3. The Morgan fingerprint density at radius 2 is 1.68 bits per heavy atom. The van der Waals surface area contributed by atoms with E-state index in [1.54, 1.807) is 24.3 Å². The molecule has 2 aromatic rings. The molecule has 0 radical (unpaired) electrons. The Bertz CT molecular complexity index is 799. The van der Waals surface area contributed by atoms with Crippen LogP contribution < -0.4 is 0 Å². The minimum Gasteiger partial charge on any atom is -0.294 e. The van der Waals surface area contributed by atoms with Gasteiger partial charge in [0.15, 0.2) is 5.78 Å². The zero-order valence-corrected chi connectivity index (χ0v) is 13.6. The van der Waals surface area contributed by atoms with Gasteiger partial charge in [-0.1, -0.05) is 35.3 Å². The Balaban J connectivity index is 2.07. The summed E-state index contributed by atoms with van der Waals surface area (Å²) in [6.45, 7) is 0. The summed E-state index contributed by atoms with van der Waals surface area (Å²) in [7, 11) is -4.20. The van der Waals surface area contributed by atoms with Gasteiger partial charge in [-0.25, -0.2) is 0 Å². The lowest BCUT2D eigenvalue weighted by atomic mass is 10.0. The van der Waals surface area contributed by atoms with E-state index >= 15 is 0 Å². The molecule has 0 spiro atoms. The lowest BCUT2D eigenvalue weighted by Crippen LogP contribution is -2.03. The number of benzene rings is 2. The van der Waals surface area contributed by atoms with Crippen LogP contribution in [0.5, 0.6) is 0 Å². The predicted molar refractivity (Wildman–Crippen MR) is 85.4 cm³/mol. The van der Waals surface area contributed by atoms with Crippen molar-refractivity contribution < 1.29 is 17.8 Å². The summed E-state index contributed by atoms with van der Waals surface area (Å²) in [5.74, 6) is -0.147. The fourth-order valence-electron chi connectivity index (χ4n) is 1.93. The number of hydrogen-bond donors (Lipinski definition) is 1. The van der Waals surface area contributed by atoms with Crippen molar-refractivity contribution in [3.63, 3.8) is 0 Å². The molecule has 116 valence electrons. The highest BCUT2D eigenvalue weighted by Crippen LogP contribution is 2.22. The third-order valence-electron chi connectivity index (χ3n) is 3.09. The van der Waals surface area contributed by atoms with E-state index in [0.29, 0.717) is 22.0 Å². The molecule has 0 atom stereocenters. The first-order valence-electron chi connectivity index (χ1n) is 6.32. The first-order valence-corrected chi connectivity index (χ1v) is 8.51. The van der Waals surface area contributed by atoms with Gasteiger partial charge >= 0.3 is 0 Å². The summed E-state index contributed by atoms with van der Waals surface area (Å²) >= 11 is 11.8. The van der Waals surface area contributed by atoms with Gasteiger partial charge in [0.2, 0.25) is 0 Å². The summed E-state index contributed by atoms with van der Waals surface area (Å²) in [4.78, 5) is 12.0. The molecule has 22 heavy (non-hydrogen) atoms. The van der Waals surface area contributed by atoms with Crippen LogP contribution in [0.4, 0.5) is 0 Å². The Morgan fingerprint density at radius 1 is 1.05 bits per heavy atom. The van der Waals surface area contributed by atoms with Gasteiger partial charge in [0.05, 0.1) is 9.92 Å². The van der Waals surface area contributed by atoms with Crippen molar-refractivity contribution in [2.45, 2.75) is 17.7 Å². The van der Waals surface area contributed by atoms with Crippen molar-refractivity contribution in [3.05, 3.63) is 63.6 Å². The molecule has 0 heterocycles. The third-order valence-corrected chi connectivity index (χ3v) is 4.52. The minimum atomic E-state index is -4.20. The summed E-state index contributed by atoms with van der Waals surface area (Å²) in [6, 6.07) is 10.4. The third kappa shape index (κ3) is 4.30. The van der Waals surface area contributed by atoms with E-state index in [1.807, 2.05) is 0 Å². The minimum absolute atomic E-state index is 0.147. The van der Waals surface area contributed by atoms with Gasteiger partial charge in [0.25, 0.3) is 10.1 Å². The van der Waals surface area contributed by atoms with Gasteiger partial charge in [-0.15, -0.1) is 0 Å². The van der Waals surface area contributed by atoms with E-state index in [9.17, 15) is 13.2 Å². The topological polar surface area (TPSA) is 71.4 Å². The second-order valence-electron chi connectivity index (χ2n) is 4.67. The first kappa shape index (κ1) is 17.0. The Kier molecular flexibility index (Phi) is 5.24. The van der Waals surface area contributed by atoms with Crippen molar-refractivity contribution in [1.29, 1.82) is 0 Å². The van der Waals surface area contributed by atoms with Crippen LogP contribution in [-0.4, -0.2) is 18.8 Å². The second-order valence-corrected chi connectivity index (χ2v) is 6.93. The molecule has 0 aliphatic heterocycles. The lowest BCUT2D eigenvalue weighted by molar-refractivity contribution is 0.0983. The number of Topliss-reactive ketones (excluding diaryl/α,β-unsaturated/α-hetero) is 1. The van der Waals surface area contributed by atoms with Crippen LogP contribution in [0, 0.1) is 0 Å². The number of halogens is 2. The van der Waals surface area contributed by atoms with E-state index in [1.165, 1.54) is 18.2 Å². The van der Waals surface area contributed by atoms with Crippen molar-refractivity contribution >= 4 is 39.1 Å². The predicted octanol–water partition coefficient (Wildman–Crippen LogP) is 4.06. The quantitative estimate of drug-likeness (QED) is 0.646. The van der Waals surface area contributed by atoms with E-state index in [4.69, 9.17) is 27.8 Å². The molecule has 0 saturated carbocycles. The highest BCUT2D eigenvalue weighted by molar-refractivity contribution is 7.85. The normalized spacial score (nSPS) is 11.4. The van der Waals surface area contributed by atoms with Crippen molar-refractivity contribution in [2.24, 2.45) is 0 Å². The molecule has 0 aromatic heterocycles. The van der Waals surface area contributed by atoms with Crippen LogP contribution in [0.3, 0.4) is 0 Å². The van der Waals surface area contributed by atoms with E-state index in [-0.39, 0.29) is 17.1 Å². The molecule has 0 fully saturated rings. The largest absolute Gasteiger partial charge is 0.294 e. The van der Waals surface area contributed by atoms with Crippen LogP contribution in [-0.2, 0) is 16.5 Å². The average Bonchev–Trinajstić information content (AvgIpc) is 2.47. The smallest absolute Gasteiger partial charge is 0.294 e. The molecule has 0 aliphatic rings. The molecule has 1 N–H and O–H groups in total. The number of rotatable bonds is 5. The lowest BCUT2D eigenvalue weighted by Gasteiger charge is -2.05. The van der Waals surface area contributed by atoms with Crippen LogP contribution >= 0.6 is 23.2 Å². The Morgan fingerprint density at radius 3 is 2.27 bits per heavy atom. The van der Waals surface area contributed by atoms with Gasteiger partial charge in [-0.3, -0.25) is 9.35 Å². The van der Waals surface area contributed by atoms with Crippen LogP contribution in [0.25, 0.3) is 0 Å². The van der Waals surface area contributed by atoms with Gasteiger partial charge in [-0.05, 0) is 42.3 Å². The van der Waals surface area contributed by atoms with Crippen LogP contribution in [0.2, 0.25) is 10.0 Å². The van der Waals surface area contributed by atoms with Gasteiger partial charge in [0, 0.05) is 17.0 Å². The van der Waals surface area contributed by atoms with Crippen LogP contribution in [0.15, 0.2) is 47.4 Å². The molecule has 0 saturated heterocycles. The summed E-state index contributed by atoms with van der Waals surface area (Å²) in [5, 5.41) is 0.779.